The van der Waals surface area contributed by atoms with E-state index in [2.05, 4.69) is 25.6 Å². The molecule has 0 N–H and O–H groups in total. The SMILES string of the molecule is CN(Cc1cc(-c2ccccc2)on1)C(=O)Cn1nnnc1CN1CCOCC1. The first-order valence-electron chi connectivity index (χ1n) is 9.49. The van der Waals surface area contributed by atoms with Crippen molar-refractivity contribution < 1.29 is 14.1 Å². The number of tetrazole rings is 1. The number of nitrogens with zero attached hydrogens (tertiary/aromatic N) is 7. The smallest absolute Gasteiger partial charge is 0.244 e. The lowest BCUT2D eigenvalue weighted by molar-refractivity contribution is -0.131. The van der Waals surface area contributed by atoms with Crippen molar-refractivity contribution in [3.63, 3.8) is 0 Å². The van der Waals surface area contributed by atoms with Crippen LogP contribution in [-0.2, 0) is 29.2 Å². The van der Waals surface area contributed by atoms with E-state index in [1.54, 1.807) is 16.6 Å². The Labute approximate surface area is 168 Å². The highest BCUT2D eigenvalue weighted by atomic mass is 16.5. The van der Waals surface area contributed by atoms with Crippen molar-refractivity contribution >= 4 is 5.91 Å². The number of likely N-dealkylation sites (N-methyl/N-ethyl adjacent to an activating group) is 1. The Balaban J connectivity index is 1.34. The molecule has 29 heavy (non-hydrogen) atoms. The van der Waals surface area contributed by atoms with Gasteiger partial charge in [-0.3, -0.25) is 9.69 Å². The van der Waals surface area contributed by atoms with Crippen LogP contribution in [0.2, 0.25) is 0 Å². The van der Waals surface area contributed by atoms with Gasteiger partial charge < -0.3 is 14.2 Å². The van der Waals surface area contributed by atoms with Gasteiger partial charge in [-0.2, -0.15) is 0 Å². The fraction of sp³-hybridized carbons (Fsp3) is 0.421. The van der Waals surface area contributed by atoms with Gasteiger partial charge in [0, 0.05) is 31.8 Å². The molecule has 10 nitrogen and oxygen atoms in total. The molecular weight excluding hydrogens is 374 g/mol. The number of ether oxygens (including phenoxy) is 1. The lowest BCUT2D eigenvalue weighted by Gasteiger charge is -2.25. The molecule has 0 aliphatic carbocycles. The maximum absolute atomic E-state index is 12.7. The molecule has 1 fully saturated rings. The van der Waals surface area contributed by atoms with E-state index in [-0.39, 0.29) is 12.5 Å². The predicted molar refractivity (Wildman–Crippen MR) is 102 cm³/mol. The Morgan fingerprint density at radius 2 is 2.00 bits per heavy atom. The third-order valence-corrected chi connectivity index (χ3v) is 4.80. The van der Waals surface area contributed by atoms with Crippen LogP contribution in [-0.4, -0.2) is 74.4 Å². The summed E-state index contributed by atoms with van der Waals surface area (Å²) in [4.78, 5) is 16.5. The lowest BCUT2D eigenvalue weighted by Crippen LogP contribution is -2.37. The number of rotatable bonds is 7. The van der Waals surface area contributed by atoms with Crippen LogP contribution in [0.15, 0.2) is 40.9 Å². The normalized spacial score (nSPS) is 14.8. The van der Waals surface area contributed by atoms with E-state index in [0.29, 0.717) is 43.6 Å². The minimum Gasteiger partial charge on any atom is -0.379 e. The fourth-order valence-corrected chi connectivity index (χ4v) is 3.12. The Morgan fingerprint density at radius 3 is 2.79 bits per heavy atom. The topological polar surface area (TPSA) is 102 Å². The maximum atomic E-state index is 12.7. The fourth-order valence-electron chi connectivity index (χ4n) is 3.12. The molecule has 0 atom stereocenters. The van der Waals surface area contributed by atoms with E-state index >= 15 is 0 Å². The summed E-state index contributed by atoms with van der Waals surface area (Å²) in [5.74, 6) is 1.24. The Kier molecular flexibility index (Phi) is 5.92. The number of benzene rings is 1. The monoisotopic (exact) mass is 397 g/mol. The van der Waals surface area contributed by atoms with Crippen molar-refractivity contribution in [2.24, 2.45) is 0 Å². The molecule has 4 rings (SSSR count). The number of aromatic nitrogens is 5. The van der Waals surface area contributed by atoms with Crippen molar-refractivity contribution in [3.05, 3.63) is 47.9 Å². The summed E-state index contributed by atoms with van der Waals surface area (Å²) in [6, 6.07) is 11.6. The maximum Gasteiger partial charge on any atom is 0.244 e. The van der Waals surface area contributed by atoms with Gasteiger partial charge in [-0.1, -0.05) is 35.5 Å². The molecule has 0 spiro atoms. The predicted octanol–water partition coefficient (Wildman–Crippen LogP) is 0.819. The molecule has 3 heterocycles. The van der Waals surface area contributed by atoms with Gasteiger partial charge in [-0.15, -0.1) is 5.10 Å². The van der Waals surface area contributed by atoms with Gasteiger partial charge in [-0.05, 0) is 10.4 Å². The summed E-state index contributed by atoms with van der Waals surface area (Å²) < 4.78 is 12.3. The zero-order valence-electron chi connectivity index (χ0n) is 16.3. The van der Waals surface area contributed by atoms with Gasteiger partial charge in [0.05, 0.1) is 26.3 Å². The van der Waals surface area contributed by atoms with E-state index in [1.807, 2.05) is 36.4 Å². The highest BCUT2D eigenvalue weighted by Crippen LogP contribution is 2.20. The average Bonchev–Trinajstić information content (AvgIpc) is 3.39. The van der Waals surface area contributed by atoms with Crippen molar-refractivity contribution in [2.45, 2.75) is 19.6 Å². The minimum atomic E-state index is -0.107. The summed E-state index contributed by atoms with van der Waals surface area (Å²) in [5, 5.41) is 15.8. The molecule has 10 heteroatoms. The van der Waals surface area contributed by atoms with Crippen LogP contribution < -0.4 is 0 Å². The number of amides is 1. The Hall–Kier alpha value is -3.11. The summed E-state index contributed by atoms with van der Waals surface area (Å²) in [6.07, 6.45) is 0. The second kappa shape index (κ2) is 8.93. The largest absolute Gasteiger partial charge is 0.379 e. The Bertz CT molecular complexity index is 934. The average molecular weight is 397 g/mol. The van der Waals surface area contributed by atoms with E-state index in [0.717, 1.165) is 18.7 Å². The molecule has 0 bridgehead atoms. The van der Waals surface area contributed by atoms with Crippen molar-refractivity contribution in [1.82, 2.24) is 35.2 Å². The third-order valence-electron chi connectivity index (χ3n) is 4.80. The molecule has 1 aliphatic heterocycles. The summed E-state index contributed by atoms with van der Waals surface area (Å²) >= 11 is 0. The Morgan fingerprint density at radius 1 is 1.21 bits per heavy atom. The first kappa shape index (κ1) is 19.2. The van der Waals surface area contributed by atoms with Crippen LogP contribution in [0.25, 0.3) is 11.3 Å². The number of carbonyl (C=O) groups is 1. The van der Waals surface area contributed by atoms with Crippen LogP contribution in [0.4, 0.5) is 0 Å². The summed E-state index contributed by atoms with van der Waals surface area (Å²) in [5.41, 5.74) is 1.63. The van der Waals surface area contributed by atoms with Gasteiger partial charge in [0.25, 0.3) is 0 Å². The van der Waals surface area contributed by atoms with Gasteiger partial charge >= 0.3 is 0 Å². The van der Waals surface area contributed by atoms with Crippen molar-refractivity contribution in [1.29, 1.82) is 0 Å². The summed E-state index contributed by atoms with van der Waals surface area (Å²) in [7, 11) is 1.73. The molecular formula is C19H23N7O3. The second-order valence-electron chi connectivity index (χ2n) is 6.94. The third kappa shape index (κ3) is 4.84. The zero-order valence-corrected chi connectivity index (χ0v) is 16.3. The summed E-state index contributed by atoms with van der Waals surface area (Å²) in [6.45, 7) is 4.07. The number of hydrogen-bond acceptors (Lipinski definition) is 8. The van der Waals surface area contributed by atoms with Crippen LogP contribution in [0.1, 0.15) is 11.5 Å². The number of carbonyl (C=O) groups excluding carboxylic acids is 1. The lowest BCUT2D eigenvalue weighted by atomic mass is 10.1. The van der Waals surface area contributed by atoms with E-state index in [1.165, 1.54) is 0 Å². The van der Waals surface area contributed by atoms with Crippen molar-refractivity contribution in [2.75, 3.05) is 33.4 Å². The zero-order chi connectivity index (χ0) is 20.1. The van der Waals surface area contributed by atoms with E-state index < -0.39 is 0 Å². The standard InChI is InChI=1S/C19H23N7O3/c1-24(12-16-11-17(29-21-16)15-5-3-2-4-6-15)19(27)14-26-18(20-22-23-26)13-25-7-9-28-10-8-25/h2-6,11H,7-10,12-14H2,1H3. The molecule has 1 aromatic carbocycles. The van der Waals surface area contributed by atoms with Crippen LogP contribution in [0.5, 0.6) is 0 Å². The van der Waals surface area contributed by atoms with Crippen LogP contribution >= 0.6 is 0 Å². The first-order valence-corrected chi connectivity index (χ1v) is 9.49. The van der Waals surface area contributed by atoms with Crippen LogP contribution in [0, 0.1) is 0 Å². The van der Waals surface area contributed by atoms with Gasteiger partial charge in [0.15, 0.2) is 11.6 Å². The molecule has 1 amide bonds. The van der Waals surface area contributed by atoms with E-state index in [9.17, 15) is 4.79 Å². The minimum absolute atomic E-state index is 0.0760. The molecule has 0 unspecified atom stereocenters. The molecule has 152 valence electrons. The molecule has 3 aromatic rings. The first-order chi connectivity index (χ1) is 14.2. The molecule has 0 radical (unpaired) electrons. The molecule has 0 saturated carbocycles. The van der Waals surface area contributed by atoms with Crippen molar-refractivity contribution in [3.8, 4) is 11.3 Å². The van der Waals surface area contributed by atoms with Crippen LogP contribution in [0.3, 0.4) is 0 Å². The molecule has 1 saturated heterocycles. The highest BCUT2D eigenvalue weighted by molar-refractivity contribution is 5.75. The van der Waals surface area contributed by atoms with Gasteiger partial charge in [0.2, 0.25) is 5.91 Å². The van der Waals surface area contributed by atoms with Gasteiger partial charge in [-0.25, -0.2) is 4.68 Å². The van der Waals surface area contributed by atoms with E-state index in [4.69, 9.17) is 9.26 Å². The highest BCUT2D eigenvalue weighted by Gasteiger charge is 2.19. The van der Waals surface area contributed by atoms with Gasteiger partial charge in [0.1, 0.15) is 12.2 Å². The number of hydrogen-bond donors (Lipinski definition) is 0. The quantitative estimate of drug-likeness (QED) is 0.577. The number of morpholine rings is 1. The molecule has 1 aliphatic rings. The molecule has 2 aromatic heterocycles. The second-order valence-corrected chi connectivity index (χ2v) is 6.94.